The first kappa shape index (κ1) is 9.71. The lowest BCUT2D eigenvalue weighted by atomic mass is 10.1. The monoisotopic (exact) mass is 229 g/mol. The summed E-state index contributed by atoms with van der Waals surface area (Å²) >= 11 is 3.37. The number of rotatable bonds is 4. The summed E-state index contributed by atoms with van der Waals surface area (Å²) in [6.45, 7) is 0.870. The normalized spacial score (nSPS) is 10.2. The Balaban J connectivity index is 2.37. The molecular weight excluding hydrogens is 218 g/mol. The van der Waals surface area contributed by atoms with Crippen LogP contribution in [0.25, 0.3) is 0 Å². The molecular formula is C9H12BrNO. The largest absolute Gasteiger partial charge is 0.381 e. The molecule has 1 rings (SSSR count). The van der Waals surface area contributed by atoms with Crippen LogP contribution in [0.3, 0.4) is 0 Å². The number of aliphatic hydroxyl groups excluding tert-OH is 1. The number of hydrogen-bond acceptors (Lipinski definition) is 2. The van der Waals surface area contributed by atoms with Crippen molar-refractivity contribution in [3.63, 3.8) is 0 Å². The molecule has 2 N–H and O–H groups in total. The molecule has 0 unspecified atom stereocenters. The van der Waals surface area contributed by atoms with E-state index in [2.05, 4.69) is 33.4 Å². The summed E-state index contributed by atoms with van der Waals surface area (Å²) in [5.41, 5.74) is 1.28. The third-order valence-electron chi connectivity index (χ3n) is 1.62. The van der Waals surface area contributed by atoms with Crippen LogP contribution in [0.2, 0.25) is 0 Å². The van der Waals surface area contributed by atoms with E-state index in [1.54, 1.807) is 0 Å². The molecule has 0 bridgehead atoms. The lowest BCUT2D eigenvalue weighted by Crippen LogP contribution is -2.17. The number of nitrogens with one attached hydrogen (secondary N) is 1. The Kier molecular flexibility index (Phi) is 4.29. The topological polar surface area (TPSA) is 32.3 Å². The van der Waals surface area contributed by atoms with E-state index in [1.807, 2.05) is 12.1 Å². The molecule has 3 heteroatoms. The molecule has 0 saturated carbocycles. The number of halogens is 1. The average Bonchev–Trinajstić information content (AvgIpc) is 2.09. The van der Waals surface area contributed by atoms with Gasteiger partial charge in [-0.05, 0) is 24.1 Å². The van der Waals surface area contributed by atoms with Gasteiger partial charge in [0.1, 0.15) is 0 Å². The highest BCUT2D eigenvalue weighted by atomic mass is 79.9. The predicted molar refractivity (Wildman–Crippen MR) is 52.9 cm³/mol. The Bertz CT molecular complexity index is 222. The summed E-state index contributed by atoms with van der Waals surface area (Å²) in [5.74, 6) is 0. The average molecular weight is 230 g/mol. The maximum absolute atomic E-state index is 8.47. The molecule has 0 spiro atoms. The SMILES string of the molecule is OCNCCc1ccc(Br)cc1. The summed E-state index contributed by atoms with van der Waals surface area (Å²) in [5, 5.41) is 11.3. The molecule has 1 aromatic carbocycles. The van der Waals surface area contributed by atoms with Gasteiger partial charge in [-0.1, -0.05) is 28.1 Å². The van der Waals surface area contributed by atoms with Gasteiger partial charge < -0.3 is 5.11 Å². The molecule has 2 nitrogen and oxygen atoms in total. The number of benzene rings is 1. The molecule has 0 atom stereocenters. The second-order valence-electron chi connectivity index (χ2n) is 2.53. The highest BCUT2D eigenvalue weighted by Crippen LogP contribution is 2.10. The van der Waals surface area contributed by atoms with Crippen molar-refractivity contribution >= 4 is 15.9 Å². The zero-order valence-electron chi connectivity index (χ0n) is 6.76. The van der Waals surface area contributed by atoms with Crippen LogP contribution in [0.5, 0.6) is 0 Å². The molecule has 0 fully saturated rings. The minimum Gasteiger partial charge on any atom is -0.381 e. The second-order valence-corrected chi connectivity index (χ2v) is 3.45. The number of hydrogen-bond donors (Lipinski definition) is 2. The van der Waals surface area contributed by atoms with Crippen LogP contribution in [0.4, 0.5) is 0 Å². The fraction of sp³-hybridized carbons (Fsp3) is 0.333. The summed E-state index contributed by atoms with van der Waals surface area (Å²) in [7, 11) is 0. The quantitative estimate of drug-likeness (QED) is 0.607. The van der Waals surface area contributed by atoms with Gasteiger partial charge in [-0.2, -0.15) is 0 Å². The van der Waals surface area contributed by atoms with Crippen molar-refractivity contribution in [3.05, 3.63) is 34.3 Å². The standard InChI is InChI=1S/C9H12BrNO/c10-9-3-1-8(2-4-9)5-6-11-7-12/h1-4,11-12H,5-7H2. The first-order valence-electron chi connectivity index (χ1n) is 3.89. The molecule has 0 saturated heterocycles. The molecule has 0 heterocycles. The van der Waals surface area contributed by atoms with Crippen molar-refractivity contribution in [2.24, 2.45) is 0 Å². The smallest absolute Gasteiger partial charge is 0.0931 e. The lowest BCUT2D eigenvalue weighted by molar-refractivity contribution is 0.262. The Labute approximate surface area is 80.7 Å². The van der Waals surface area contributed by atoms with Crippen molar-refractivity contribution in [2.75, 3.05) is 13.3 Å². The molecule has 0 amide bonds. The first-order chi connectivity index (χ1) is 5.83. The number of aliphatic hydroxyl groups is 1. The second kappa shape index (κ2) is 5.30. The summed E-state index contributed by atoms with van der Waals surface area (Å²) in [6.07, 6.45) is 0.952. The van der Waals surface area contributed by atoms with Crippen LogP contribution in [-0.4, -0.2) is 18.4 Å². The van der Waals surface area contributed by atoms with Crippen LogP contribution in [0, 0.1) is 0 Å². The van der Waals surface area contributed by atoms with E-state index in [0.717, 1.165) is 17.4 Å². The van der Waals surface area contributed by atoms with Crippen LogP contribution in [0.15, 0.2) is 28.7 Å². The minimum atomic E-state index is 0.0521. The van der Waals surface area contributed by atoms with Gasteiger partial charge >= 0.3 is 0 Å². The molecule has 0 aromatic heterocycles. The van der Waals surface area contributed by atoms with Crippen molar-refractivity contribution < 1.29 is 5.11 Å². The van der Waals surface area contributed by atoms with Gasteiger partial charge in [0.2, 0.25) is 0 Å². The van der Waals surface area contributed by atoms with Crippen molar-refractivity contribution in [3.8, 4) is 0 Å². The van der Waals surface area contributed by atoms with Gasteiger partial charge in [0, 0.05) is 11.0 Å². The Morgan fingerprint density at radius 2 is 1.92 bits per heavy atom. The van der Waals surface area contributed by atoms with E-state index in [0.29, 0.717) is 0 Å². The molecule has 0 aliphatic rings. The maximum atomic E-state index is 8.47. The first-order valence-corrected chi connectivity index (χ1v) is 4.68. The van der Waals surface area contributed by atoms with E-state index in [1.165, 1.54) is 5.56 Å². The third kappa shape index (κ3) is 3.34. The van der Waals surface area contributed by atoms with Crippen LogP contribution >= 0.6 is 15.9 Å². The van der Waals surface area contributed by atoms with Crippen LogP contribution in [-0.2, 0) is 6.42 Å². The van der Waals surface area contributed by atoms with E-state index in [4.69, 9.17) is 5.11 Å². The molecule has 0 aliphatic heterocycles. The Morgan fingerprint density at radius 1 is 1.25 bits per heavy atom. The molecule has 12 heavy (non-hydrogen) atoms. The summed E-state index contributed by atoms with van der Waals surface area (Å²) < 4.78 is 1.10. The van der Waals surface area contributed by atoms with E-state index >= 15 is 0 Å². The van der Waals surface area contributed by atoms with Crippen molar-refractivity contribution in [1.82, 2.24) is 5.32 Å². The van der Waals surface area contributed by atoms with Crippen LogP contribution in [0.1, 0.15) is 5.56 Å². The maximum Gasteiger partial charge on any atom is 0.0931 e. The van der Waals surface area contributed by atoms with Gasteiger partial charge in [0.05, 0.1) is 6.73 Å². The summed E-state index contributed by atoms with van der Waals surface area (Å²) in [4.78, 5) is 0. The van der Waals surface area contributed by atoms with Crippen molar-refractivity contribution in [2.45, 2.75) is 6.42 Å². The molecule has 1 aromatic rings. The third-order valence-corrected chi connectivity index (χ3v) is 2.14. The fourth-order valence-corrected chi connectivity index (χ4v) is 1.23. The highest BCUT2D eigenvalue weighted by Gasteiger charge is 1.91. The molecule has 66 valence electrons. The van der Waals surface area contributed by atoms with Crippen molar-refractivity contribution in [1.29, 1.82) is 0 Å². The Morgan fingerprint density at radius 3 is 2.50 bits per heavy atom. The fourth-order valence-electron chi connectivity index (χ4n) is 0.963. The molecule has 0 aliphatic carbocycles. The highest BCUT2D eigenvalue weighted by molar-refractivity contribution is 9.10. The summed E-state index contributed by atoms with van der Waals surface area (Å²) in [6, 6.07) is 8.19. The van der Waals surface area contributed by atoms with E-state index < -0.39 is 0 Å². The van der Waals surface area contributed by atoms with Gasteiger partial charge in [0.15, 0.2) is 0 Å². The van der Waals surface area contributed by atoms with Gasteiger partial charge in [-0.3, -0.25) is 5.32 Å². The van der Waals surface area contributed by atoms with Gasteiger partial charge in [-0.25, -0.2) is 0 Å². The zero-order chi connectivity index (χ0) is 8.81. The minimum absolute atomic E-state index is 0.0521. The zero-order valence-corrected chi connectivity index (χ0v) is 8.34. The van der Waals surface area contributed by atoms with E-state index in [-0.39, 0.29) is 6.73 Å². The molecule has 0 radical (unpaired) electrons. The lowest BCUT2D eigenvalue weighted by Gasteiger charge is -2.01. The predicted octanol–water partition coefficient (Wildman–Crippen LogP) is 1.53. The van der Waals surface area contributed by atoms with Crippen LogP contribution < -0.4 is 5.32 Å². The Hall–Kier alpha value is -0.380. The van der Waals surface area contributed by atoms with Gasteiger partial charge in [-0.15, -0.1) is 0 Å². The van der Waals surface area contributed by atoms with E-state index in [9.17, 15) is 0 Å². The van der Waals surface area contributed by atoms with Gasteiger partial charge in [0.25, 0.3) is 0 Å².